The van der Waals surface area contributed by atoms with Gasteiger partial charge >= 0.3 is 23.9 Å². The molecule has 0 aromatic heterocycles. The molecule has 8 nitrogen and oxygen atoms in total. The van der Waals surface area contributed by atoms with Gasteiger partial charge in [0.15, 0.2) is 11.5 Å². The highest BCUT2D eigenvalue weighted by atomic mass is 16.6. The summed E-state index contributed by atoms with van der Waals surface area (Å²) < 4.78 is 11.1. The van der Waals surface area contributed by atoms with Crippen LogP contribution in [-0.2, 0) is 5.41 Å². The molecule has 0 amide bonds. The third kappa shape index (κ3) is 8.72. The zero-order chi connectivity index (χ0) is 39.8. The summed E-state index contributed by atoms with van der Waals surface area (Å²) in [6.45, 7) is 6.17. The number of hydrogen-bond donors (Lipinski definition) is 2. The van der Waals surface area contributed by atoms with Crippen molar-refractivity contribution in [3.05, 3.63) is 192 Å². The number of carboxylic acids is 2. The van der Waals surface area contributed by atoms with Gasteiger partial charge in [0, 0.05) is 0 Å². The van der Waals surface area contributed by atoms with E-state index in [9.17, 15) is 29.4 Å². The first-order chi connectivity index (χ1) is 26.9. The van der Waals surface area contributed by atoms with E-state index >= 15 is 0 Å². The summed E-state index contributed by atoms with van der Waals surface area (Å²) in [4.78, 5) is 48.6. The number of fused-ring (bicyclic) bond motifs is 1. The van der Waals surface area contributed by atoms with Crippen molar-refractivity contribution in [2.75, 3.05) is 0 Å². The Morgan fingerprint density at radius 3 is 1.52 bits per heavy atom. The smallest absolute Gasteiger partial charge is 0.343 e. The van der Waals surface area contributed by atoms with Crippen LogP contribution in [0.1, 0.15) is 67.8 Å². The average molecular weight is 743 g/mol. The summed E-state index contributed by atoms with van der Waals surface area (Å²) in [5.74, 6) is -2.66. The molecule has 0 saturated carbocycles. The molecule has 278 valence electrons. The molecule has 0 aliphatic carbocycles. The number of hydrogen-bond acceptors (Lipinski definition) is 6. The van der Waals surface area contributed by atoms with Gasteiger partial charge in [0.25, 0.3) is 0 Å². The molecule has 0 aliphatic heterocycles. The summed E-state index contributed by atoms with van der Waals surface area (Å²) in [7, 11) is 0. The van der Waals surface area contributed by atoms with Gasteiger partial charge in [0.2, 0.25) is 0 Å². The summed E-state index contributed by atoms with van der Waals surface area (Å²) in [6, 6.07) is 47.7. The van der Waals surface area contributed by atoms with Gasteiger partial charge < -0.3 is 19.7 Å². The molecule has 0 radical (unpaired) electrons. The predicted molar refractivity (Wildman–Crippen MR) is 217 cm³/mol. The van der Waals surface area contributed by atoms with Crippen molar-refractivity contribution >= 4 is 34.6 Å². The van der Waals surface area contributed by atoms with Gasteiger partial charge in [0.05, 0.1) is 22.3 Å². The second kappa shape index (κ2) is 16.8. The maximum atomic E-state index is 12.5. The van der Waals surface area contributed by atoms with Gasteiger partial charge in [-0.15, -0.1) is 0 Å². The Labute approximate surface area is 324 Å². The minimum atomic E-state index is -1.03. The molecule has 0 spiro atoms. The highest BCUT2D eigenvalue weighted by Crippen LogP contribution is 2.41. The molecular formula is C48H38O8. The fourth-order valence-corrected chi connectivity index (χ4v) is 6.18. The van der Waals surface area contributed by atoms with Crippen LogP contribution in [0.5, 0.6) is 11.5 Å². The topological polar surface area (TPSA) is 127 Å². The first-order valence-electron chi connectivity index (χ1n) is 17.8. The lowest BCUT2D eigenvalue weighted by Gasteiger charge is -2.21. The highest BCUT2D eigenvalue weighted by Gasteiger charge is 2.22. The van der Waals surface area contributed by atoms with Gasteiger partial charge in [-0.25, -0.2) is 19.2 Å². The Hall–Kier alpha value is -7.32. The molecule has 0 atom stereocenters. The van der Waals surface area contributed by atoms with Crippen LogP contribution < -0.4 is 9.47 Å². The van der Waals surface area contributed by atoms with Crippen LogP contribution in [0, 0.1) is 0 Å². The highest BCUT2D eigenvalue weighted by molar-refractivity contribution is 6.10. The predicted octanol–water partition coefficient (Wildman–Crippen LogP) is 11.0. The number of carbonyl (C=O) groups excluding carboxylic acids is 2. The van der Waals surface area contributed by atoms with Crippen molar-refractivity contribution in [2.45, 2.75) is 26.2 Å². The van der Waals surface area contributed by atoms with Crippen LogP contribution in [0.25, 0.3) is 33.0 Å². The Kier molecular flexibility index (Phi) is 11.5. The molecule has 2 N–H and O–H groups in total. The second-order valence-electron chi connectivity index (χ2n) is 13.8. The molecule has 7 rings (SSSR count). The van der Waals surface area contributed by atoms with E-state index in [4.69, 9.17) is 9.47 Å². The number of esters is 2. The third-order valence-electron chi connectivity index (χ3n) is 9.04. The lowest BCUT2D eigenvalue weighted by atomic mass is 9.86. The molecule has 0 fully saturated rings. The summed E-state index contributed by atoms with van der Waals surface area (Å²) in [6.07, 6.45) is 0. The van der Waals surface area contributed by atoms with Crippen LogP contribution >= 0.6 is 0 Å². The van der Waals surface area contributed by atoms with Crippen LogP contribution in [0.3, 0.4) is 0 Å². The molecule has 0 heterocycles. The molecule has 0 bridgehead atoms. The largest absolute Gasteiger partial charge is 0.478 e. The van der Waals surface area contributed by atoms with Crippen molar-refractivity contribution in [3.8, 4) is 33.8 Å². The van der Waals surface area contributed by atoms with Crippen molar-refractivity contribution in [1.82, 2.24) is 0 Å². The standard InChI is InChI=1S/C24H16O4.C24H22O4/c25-23(26)20-11-5-3-9-17(20)19-14-13-15-7-1-2-8-16(15)22(19)18-10-4-6-12-21(18)24(27)28;1-24(2,3)19-14-15-20(27-22(25)17-10-6-4-7-11-17)21(16-19)28-23(26)18-12-8-5-9-13-18/h1-14H,(H,25,26)(H,27,28);4-16H,1-3H3. The van der Waals surface area contributed by atoms with Crippen molar-refractivity contribution in [2.24, 2.45) is 0 Å². The Bertz CT molecular complexity index is 2550. The number of carboxylic acid groups (broad SMARTS) is 2. The minimum Gasteiger partial charge on any atom is -0.478 e. The van der Waals surface area contributed by atoms with Crippen LogP contribution in [0.2, 0.25) is 0 Å². The van der Waals surface area contributed by atoms with Crippen molar-refractivity contribution in [1.29, 1.82) is 0 Å². The number of rotatable bonds is 8. The minimum absolute atomic E-state index is 0.157. The number of benzene rings is 7. The van der Waals surface area contributed by atoms with E-state index in [1.165, 1.54) is 0 Å². The Balaban J connectivity index is 0.000000190. The Morgan fingerprint density at radius 1 is 0.464 bits per heavy atom. The van der Waals surface area contributed by atoms with Gasteiger partial charge in [-0.05, 0) is 92.5 Å². The first kappa shape index (κ1) is 38.4. The lowest BCUT2D eigenvalue weighted by Crippen LogP contribution is -2.15. The van der Waals surface area contributed by atoms with E-state index in [0.717, 1.165) is 16.3 Å². The van der Waals surface area contributed by atoms with E-state index in [1.807, 2.05) is 54.6 Å². The lowest BCUT2D eigenvalue weighted by molar-refractivity contribution is 0.0682. The first-order valence-corrected chi connectivity index (χ1v) is 17.8. The van der Waals surface area contributed by atoms with Gasteiger partial charge in [-0.2, -0.15) is 0 Å². The summed E-state index contributed by atoms with van der Waals surface area (Å²) >= 11 is 0. The maximum absolute atomic E-state index is 12.5. The van der Waals surface area contributed by atoms with Crippen LogP contribution in [0.4, 0.5) is 0 Å². The van der Waals surface area contributed by atoms with E-state index in [2.05, 4.69) is 20.8 Å². The maximum Gasteiger partial charge on any atom is 0.343 e. The monoisotopic (exact) mass is 742 g/mol. The van der Waals surface area contributed by atoms with Gasteiger partial charge in [-0.1, -0.05) is 136 Å². The molecular weight excluding hydrogens is 705 g/mol. The van der Waals surface area contributed by atoms with Crippen LogP contribution in [-0.4, -0.2) is 34.1 Å². The SMILES string of the molecule is CC(C)(C)c1ccc(OC(=O)c2ccccc2)c(OC(=O)c2ccccc2)c1.O=C(O)c1ccccc1-c1ccc2ccccc2c1-c1ccccc1C(=O)O. The molecule has 0 unspecified atom stereocenters. The zero-order valence-electron chi connectivity index (χ0n) is 30.9. The Morgan fingerprint density at radius 2 is 0.946 bits per heavy atom. The summed E-state index contributed by atoms with van der Waals surface area (Å²) in [5.41, 5.74) is 4.50. The average Bonchev–Trinajstić information content (AvgIpc) is 3.21. The molecule has 0 saturated heterocycles. The molecule has 0 aliphatic rings. The van der Waals surface area contributed by atoms with E-state index < -0.39 is 23.9 Å². The van der Waals surface area contributed by atoms with E-state index in [1.54, 1.807) is 109 Å². The fourth-order valence-electron chi connectivity index (χ4n) is 6.18. The van der Waals surface area contributed by atoms with E-state index in [-0.39, 0.29) is 28.0 Å². The van der Waals surface area contributed by atoms with Gasteiger partial charge in [0.1, 0.15) is 0 Å². The quantitative estimate of drug-likeness (QED) is 0.116. The molecule has 7 aromatic rings. The summed E-state index contributed by atoms with van der Waals surface area (Å²) in [5, 5.41) is 21.2. The zero-order valence-corrected chi connectivity index (χ0v) is 30.9. The number of ether oxygens (including phenoxy) is 2. The molecule has 7 aromatic carbocycles. The molecule has 56 heavy (non-hydrogen) atoms. The van der Waals surface area contributed by atoms with E-state index in [0.29, 0.717) is 33.4 Å². The van der Waals surface area contributed by atoms with Crippen molar-refractivity contribution in [3.63, 3.8) is 0 Å². The second-order valence-corrected chi connectivity index (χ2v) is 13.8. The number of carbonyl (C=O) groups is 4. The number of aromatic carboxylic acids is 2. The normalized spacial score (nSPS) is 10.8. The third-order valence-corrected chi connectivity index (χ3v) is 9.04. The van der Waals surface area contributed by atoms with Crippen molar-refractivity contribution < 1.29 is 38.9 Å². The molecule has 8 heteroatoms. The van der Waals surface area contributed by atoms with Gasteiger partial charge in [-0.3, -0.25) is 0 Å². The van der Waals surface area contributed by atoms with Crippen LogP contribution in [0.15, 0.2) is 164 Å². The fraction of sp³-hybridized carbons (Fsp3) is 0.0833.